The van der Waals surface area contributed by atoms with E-state index in [9.17, 15) is 0 Å². The van der Waals surface area contributed by atoms with Gasteiger partial charge in [-0.25, -0.2) is 0 Å². The van der Waals surface area contributed by atoms with Gasteiger partial charge in [-0.05, 0) is 44.9 Å². The van der Waals surface area contributed by atoms with Crippen LogP contribution < -0.4 is 5.32 Å². The maximum absolute atomic E-state index is 3.83. The SMILES string of the molecule is CCC1CNC(C)(C2CC2)CN1C1CC1. The lowest BCUT2D eigenvalue weighted by molar-refractivity contribution is 0.0661. The van der Waals surface area contributed by atoms with Gasteiger partial charge in [0.1, 0.15) is 0 Å². The van der Waals surface area contributed by atoms with Crippen LogP contribution in [0.2, 0.25) is 0 Å². The Labute approximate surface area is 93.4 Å². The quantitative estimate of drug-likeness (QED) is 0.763. The smallest absolute Gasteiger partial charge is 0.0309 e. The summed E-state index contributed by atoms with van der Waals surface area (Å²) in [6.45, 7) is 7.31. The van der Waals surface area contributed by atoms with Crippen LogP contribution in [0.25, 0.3) is 0 Å². The van der Waals surface area contributed by atoms with Crippen molar-refractivity contribution in [2.45, 2.75) is 63.6 Å². The number of hydrogen-bond acceptors (Lipinski definition) is 2. The van der Waals surface area contributed by atoms with Gasteiger partial charge in [-0.3, -0.25) is 4.90 Å². The molecule has 0 aromatic carbocycles. The highest BCUT2D eigenvalue weighted by Gasteiger charge is 2.48. The van der Waals surface area contributed by atoms with Crippen molar-refractivity contribution in [3.05, 3.63) is 0 Å². The van der Waals surface area contributed by atoms with Crippen LogP contribution in [-0.4, -0.2) is 35.6 Å². The highest BCUT2D eigenvalue weighted by atomic mass is 15.3. The summed E-state index contributed by atoms with van der Waals surface area (Å²) in [6, 6.07) is 1.75. The summed E-state index contributed by atoms with van der Waals surface area (Å²) >= 11 is 0. The summed E-state index contributed by atoms with van der Waals surface area (Å²) in [5.74, 6) is 0.969. The maximum atomic E-state index is 3.83. The van der Waals surface area contributed by atoms with Crippen molar-refractivity contribution < 1.29 is 0 Å². The fourth-order valence-corrected chi connectivity index (χ4v) is 3.24. The van der Waals surface area contributed by atoms with Gasteiger partial charge in [-0.15, -0.1) is 0 Å². The predicted molar refractivity (Wildman–Crippen MR) is 62.9 cm³/mol. The molecular formula is C13H24N2. The van der Waals surface area contributed by atoms with E-state index < -0.39 is 0 Å². The molecule has 3 fully saturated rings. The fourth-order valence-electron chi connectivity index (χ4n) is 3.24. The lowest BCUT2D eigenvalue weighted by atomic mass is 9.90. The Morgan fingerprint density at radius 3 is 2.53 bits per heavy atom. The molecule has 0 amide bonds. The second-order valence-corrected chi connectivity index (χ2v) is 6.04. The van der Waals surface area contributed by atoms with Gasteiger partial charge < -0.3 is 5.32 Å². The van der Waals surface area contributed by atoms with Crippen LogP contribution in [0.15, 0.2) is 0 Å². The van der Waals surface area contributed by atoms with E-state index in [2.05, 4.69) is 24.1 Å². The first kappa shape index (κ1) is 10.1. The molecule has 2 atom stereocenters. The standard InChI is InChI=1S/C13H24N2/c1-3-11-8-14-13(2,10-4-5-10)9-15(11)12-6-7-12/h10-12,14H,3-9H2,1-2H3. The zero-order chi connectivity index (χ0) is 10.5. The Morgan fingerprint density at radius 2 is 2.00 bits per heavy atom. The molecule has 0 spiro atoms. The van der Waals surface area contributed by atoms with Crippen LogP contribution >= 0.6 is 0 Å². The summed E-state index contributed by atoms with van der Waals surface area (Å²) in [5.41, 5.74) is 0.439. The largest absolute Gasteiger partial charge is 0.308 e. The van der Waals surface area contributed by atoms with E-state index in [0.717, 1.165) is 18.0 Å². The zero-order valence-corrected chi connectivity index (χ0v) is 10.1. The molecule has 1 heterocycles. The van der Waals surface area contributed by atoms with Crippen LogP contribution in [0.4, 0.5) is 0 Å². The monoisotopic (exact) mass is 208 g/mol. The van der Waals surface area contributed by atoms with Gasteiger partial charge in [-0.1, -0.05) is 6.92 Å². The summed E-state index contributed by atoms with van der Waals surface area (Å²) in [5, 5.41) is 3.83. The molecule has 2 heteroatoms. The molecule has 2 nitrogen and oxygen atoms in total. The molecule has 1 N–H and O–H groups in total. The molecule has 1 saturated heterocycles. The van der Waals surface area contributed by atoms with E-state index in [0.29, 0.717) is 5.54 Å². The van der Waals surface area contributed by atoms with E-state index >= 15 is 0 Å². The van der Waals surface area contributed by atoms with Crippen LogP contribution in [0.3, 0.4) is 0 Å². The molecule has 0 aromatic rings. The Morgan fingerprint density at radius 1 is 1.27 bits per heavy atom. The fraction of sp³-hybridized carbons (Fsp3) is 1.00. The van der Waals surface area contributed by atoms with E-state index in [1.54, 1.807) is 0 Å². The average molecular weight is 208 g/mol. The van der Waals surface area contributed by atoms with Crippen molar-refractivity contribution in [2.75, 3.05) is 13.1 Å². The number of nitrogens with zero attached hydrogens (tertiary/aromatic N) is 1. The topological polar surface area (TPSA) is 15.3 Å². The molecular weight excluding hydrogens is 184 g/mol. The van der Waals surface area contributed by atoms with E-state index in [-0.39, 0.29) is 0 Å². The second kappa shape index (κ2) is 3.46. The summed E-state index contributed by atoms with van der Waals surface area (Å²) < 4.78 is 0. The first-order chi connectivity index (χ1) is 7.23. The van der Waals surface area contributed by atoms with Gasteiger partial charge in [0.05, 0.1) is 0 Å². The Bertz CT molecular complexity index is 245. The molecule has 0 bridgehead atoms. The van der Waals surface area contributed by atoms with Crippen molar-refractivity contribution in [3.8, 4) is 0 Å². The second-order valence-electron chi connectivity index (χ2n) is 6.04. The molecule has 15 heavy (non-hydrogen) atoms. The van der Waals surface area contributed by atoms with Gasteiger partial charge in [0.2, 0.25) is 0 Å². The van der Waals surface area contributed by atoms with E-state index in [1.807, 2.05) is 0 Å². The minimum atomic E-state index is 0.439. The molecule has 2 aliphatic carbocycles. The van der Waals surface area contributed by atoms with E-state index in [4.69, 9.17) is 0 Å². The molecule has 0 radical (unpaired) electrons. The van der Waals surface area contributed by atoms with Crippen LogP contribution in [0.5, 0.6) is 0 Å². The molecule has 3 rings (SSSR count). The van der Waals surface area contributed by atoms with Gasteiger partial charge in [0.15, 0.2) is 0 Å². The van der Waals surface area contributed by atoms with Gasteiger partial charge >= 0.3 is 0 Å². The Kier molecular flexibility index (Phi) is 2.33. The van der Waals surface area contributed by atoms with Crippen molar-refractivity contribution in [1.29, 1.82) is 0 Å². The third kappa shape index (κ3) is 1.83. The normalized spacial score (nSPS) is 43.2. The van der Waals surface area contributed by atoms with Crippen LogP contribution in [0, 0.1) is 5.92 Å². The lowest BCUT2D eigenvalue weighted by Gasteiger charge is -2.47. The lowest BCUT2D eigenvalue weighted by Crippen LogP contribution is -2.64. The third-order valence-electron chi connectivity index (χ3n) is 4.69. The predicted octanol–water partition coefficient (Wildman–Crippen LogP) is 2.00. The number of hydrogen-bond donors (Lipinski definition) is 1. The maximum Gasteiger partial charge on any atom is 0.0309 e. The minimum Gasteiger partial charge on any atom is -0.308 e. The molecule has 3 aliphatic rings. The Balaban J connectivity index is 1.71. The summed E-state index contributed by atoms with van der Waals surface area (Å²) in [6.07, 6.45) is 7.14. The molecule has 86 valence electrons. The highest BCUT2D eigenvalue weighted by Crippen LogP contribution is 2.43. The Hall–Kier alpha value is -0.0800. The summed E-state index contributed by atoms with van der Waals surface area (Å²) in [7, 11) is 0. The van der Waals surface area contributed by atoms with Gasteiger partial charge in [0.25, 0.3) is 0 Å². The first-order valence-electron chi connectivity index (χ1n) is 6.74. The average Bonchev–Trinajstić information content (AvgIpc) is 3.06. The zero-order valence-electron chi connectivity index (χ0n) is 10.1. The van der Waals surface area contributed by atoms with Crippen molar-refractivity contribution in [1.82, 2.24) is 10.2 Å². The summed E-state index contributed by atoms with van der Waals surface area (Å²) in [4.78, 5) is 2.81. The molecule has 0 aromatic heterocycles. The molecule has 1 aliphatic heterocycles. The minimum absolute atomic E-state index is 0.439. The van der Waals surface area contributed by atoms with Gasteiger partial charge in [0, 0.05) is 30.7 Å². The first-order valence-corrected chi connectivity index (χ1v) is 6.74. The highest BCUT2D eigenvalue weighted by molar-refractivity contribution is 5.06. The third-order valence-corrected chi connectivity index (χ3v) is 4.69. The van der Waals surface area contributed by atoms with Crippen molar-refractivity contribution in [3.63, 3.8) is 0 Å². The molecule has 2 unspecified atom stereocenters. The van der Waals surface area contributed by atoms with Crippen molar-refractivity contribution in [2.24, 2.45) is 5.92 Å². The van der Waals surface area contributed by atoms with Crippen LogP contribution in [-0.2, 0) is 0 Å². The number of nitrogens with one attached hydrogen (secondary N) is 1. The molecule has 2 saturated carbocycles. The van der Waals surface area contributed by atoms with Gasteiger partial charge in [-0.2, -0.15) is 0 Å². The number of piperazine rings is 1. The number of rotatable bonds is 3. The van der Waals surface area contributed by atoms with E-state index in [1.165, 1.54) is 45.2 Å². The van der Waals surface area contributed by atoms with Crippen LogP contribution in [0.1, 0.15) is 46.0 Å². The van der Waals surface area contributed by atoms with Crippen molar-refractivity contribution >= 4 is 0 Å².